The Morgan fingerprint density at radius 1 is 1.32 bits per heavy atom. The van der Waals surface area contributed by atoms with Crippen molar-refractivity contribution < 1.29 is 9.15 Å². The second kappa shape index (κ2) is 5.43. The van der Waals surface area contributed by atoms with Gasteiger partial charge in [-0.05, 0) is 17.7 Å². The van der Waals surface area contributed by atoms with Gasteiger partial charge in [-0.1, -0.05) is 11.6 Å². The molecule has 0 saturated carbocycles. The molecule has 0 amide bonds. The number of fused-ring (bicyclic) bond motifs is 1. The van der Waals surface area contributed by atoms with Gasteiger partial charge in [-0.25, -0.2) is 0 Å². The fourth-order valence-corrected chi connectivity index (χ4v) is 3.19. The lowest BCUT2D eigenvalue weighted by molar-refractivity contribution is 0.354. The maximum absolute atomic E-state index is 6.12. The quantitative estimate of drug-likeness (QED) is 0.865. The number of halogens is 1. The zero-order chi connectivity index (χ0) is 13.2. The fourth-order valence-electron chi connectivity index (χ4n) is 2.10. The number of benzene rings is 1. The van der Waals surface area contributed by atoms with Gasteiger partial charge in [-0.2, -0.15) is 0 Å². The lowest BCUT2D eigenvalue weighted by Crippen LogP contribution is -1.91. The van der Waals surface area contributed by atoms with Crippen molar-refractivity contribution >= 4 is 23.4 Å². The van der Waals surface area contributed by atoms with Crippen LogP contribution in [-0.2, 0) is 17.9 Å². The lowest BCUT2D eigenvalue weighted by atomic mass is 10.1. The summed E-state index contributed by atoms with van der Waals surface area (Å²) in [5.41, 5.74) is 2.35. The molecule has 3 rings (SSSR count). The summed E-state index contributed by atoms with van der Waals surface area (Å²) in [6.45, 7) is 2.54. The van der Waals surface area contributed by atoms with Crippen LogP contribution in [0.4, 0.5) is 0 Å². The zero-order valence-corrected chi connectivity index (χ0v) is 12.1. The monoisotopic (exact) mass is 296 g/mol. The number of rotatable bonds is 4. The molecule has 0 atom stereocenters. The molecular formula is C13H13ClN2O2S. The van der Waals surface area contributed by atoms with E-state index in [1.54, 1.807) is 18.7 Å². The third kappa shape index (κ3) is 2.87. The predicted octanol–water partition coefficient (Wildman–Crippen LogP) is 3.40. The standard InChI is InChI=1S/C13H13ClN2O2S/c1-8-15-16-12(18-8)7-19-6-10-5-11(14)4-9-2-3-17-13(9)10/h4-5H,2-3,6-7H2,1H3. The van der Waals surface area contributed by atoms with Gasteiger partial charge in [-0.3, -0.25) is 0 Å². The van der Waals surface area contributed by atoms with Gasteiger partial charge in [0.2, 0.25) is 11.8 Å². The molecule has 0 radical (unpaired) electrons. The van der Waals surface area contributed by atoms with E-state index in [1.807, 2.05) is 12.1 Å². The summed E-state index contributed by atoms with van der Waals surface area (Å²) in [5.74, 6) is 3.77. The molecule has 4 nitrogen and oxygen atoms in total. The van der Waals surface area contributed by atoms with Gasteiger partial charge in [0.1, 0.15) is 5.75 Å². The first-order valence-electron chi connectivity index (χ1n) is 6.03. The maximum atomic E-state index is 6.12. The predicted molar refractivity (Wildman–Crippen MR) is 74.7 cm³/mol. The van der Waals surface area contributed by atoms with E-state index in [1.165, 1.54) is 5.56 Å². The minimum atomic E-state index is 0.600. The highest BCUT2D eigenvalue weighted by Crippen LogP contribution is 2.35. The molecule has 19 heavy (non-hydrogen) atoms. The number of hydrogen-bond donors (Lipinski definition) is 0. The van der Waals surface area contributed by atoms with Crippen LogP contribution in [0.3, 0.4) is 0 Å². The van der Waals surface area contributed by atoms with E-state index < -0.39 is 0 Å². The molecule has 1 aromatic heterocycles. The number of hydrogen-bond acceptors (Lipinski definition) is 5. The SMILES string of the molecule is Cc1nnc(CSCc2cc(Cl)cc3c2OCC3)o1. The minimum absolute atomic E-state index is 0.600. The number of thioether (sulfide) groups is 1. The third-order valence-corrected chi connectivity index (χ3v) is 4.06. The van der Waals surface area contributed by atoms with Gasteiger partial charge >= 0.3 is 0 Å². The van der Waals surface area contributed by atoms with Crippen molar-refractivity contribution in [2.75, 3.05) is 6.61 Å². The molecule has 6 heteroatoms. The molecule has 1 aliphatic rings. The Bertz CT molecular complexity index is 600. The highest BCUT2D eigenvalue weighted by molar-refractivity contribution is 7.97. The van der Waals surface area contributed by atoms with Crippen molar-refractivity contribution in [2.24, 2.45) is 0 Å². The highest BCUT2D eigenvalue weighted by atomic mass is 35.5. The van der Waals surface area contributed by atoms with Crippen LogP contribution in [0.15, 0.2) is 16.5 Å². The van der Waals surface area contributed by atoms with Crippen LogP contribution in [0.2, 0.25) is 5.02 Å². The maximum Gasteiger partial charge on any atom is 0.226 e. The fraction of sp³-hybridized carbons (Fsp3) is 0.385. The lowest BCUT2D eigenvalue weighted by Gasteiger charge is -2.08. The second-order valence-electron chi connectivity index (χ2n) is 4.36. The molecule has 0 fully saturated rings. The second-order valence-corrected chi connectivity index (χ2v) is 5.78. The van der Waals surface area contributed by atoms with Crippen molar-refractivity contribution in [1.82, 2.24) is 10.2 Å². The minimum Gasteiger partial charge on any atom is -0.493 e. The van der Waals surface area contributed by atoms with Crippen molar-refractivity contribution in [1.29, 1.82) is 0 Å². The summed E-state index contributed by atoms with van der Waals surface area (Å²) in [6.07, 6.45) is 0.941. The Hall–Kier alpha value is -1.20. The molecule has 1 aromatic carbocycles. The van der Waals surface area contributed by atoms with Crippen LogP contribution in [0.5, 0.6) is 5.75 Å². The molecule has 0 bridgehead atoms. The topological polar surface area (TPSA) is 48.2 Å². The first-order chi connectivity index (χ1) is 9.22. The summed E-state index contributed by atoms with van der Waals surface area (Å²) >= 11 is 7.83. The smallest absolute Gasteiger partial charge is 0.226 e. The molecule has 0 N–H and O–H groups in total. The Morgan fingerprint density at radius 3 is 3.00 bits per heavy atom. The molecular weight excluding hydrogens is 284 g/mol. The average Bonchev–Trinajstić information content (AvgIpc) is 2.98. The number of ether oxygens (including phenoxy) is 1. The Kier molecular flexibility index (Phi) is 3.66. The Balaban J connectivity index is 1.67. The molecule has 2 aromatic rings. The summed E-state index contributed by atoms with van der Waals surface area (Å²) < 4.78 is 11.0. The van der Waals surface area contributed by atoms with Crippen LogP contribution in [-0.4, -0.2) is 16.8 Å². The van der Waals surface area contributed by atoms with Crippen molar-refractivity contribution in [3.05, 3.63) is 40.1 Å². The Morgan fingerprint density at radius 2 is 2.21 bits per heavy atom. The van der Waals surface area contributed by atoms with E-state index in [0.29, 0.717) is 17.5 Å². The van der Waals surface area contributed by atoms with E-state index in [-0.39, 0.29) is 0 Å². The summed E-state index contributed by atoms with van der Waals surface area (Å²) in [4.78, 5) is 0. The Labute approximate surface area is 120 Å². The molecule has 0 spiro atoms. The van der Waals surface area contributed by atoms with Gasteiger partial charge < -0.3 is 9.15 Å². The molecule has 2 heterocycles. The summed E-state index contributed by atoms with van der Waals surface area (Å²) in [7, 11) is 0. The number of aryl methyl sites for hydroxylation is 1. The highest BCUT2D eigenvalue weighted by Gasteiger charge is 2.17. The summed E-state index contributed by atoms with van der Waals surface area (Å²) in [6, 6.07) is 3.96. The normalized spacial score (nSPS) is 13.4. The van der Waals surface area contributed by atoms with Crippen LogP contribution < -0.4 is 4.74 Å². The van der Waals surface area contributed by atoms with E-state index in [9.17, 15) is 0 Å². The van der Waals surface area contributed by atoms with Crippen LogP contribution >= 0.6 is 23.4 Å². The average molecular weight is 297 g/mol. The molecule has 0 unspecified atom stereocenters. The summed E-state index contributed by atoms with van der Waals surface area (Å²) in [5, 5.41) is 8.55. The van der Waals surface area contributed by atoms with Crippen molar-refractivity contribution in [3.8, 4) is 5.75 Å². The van der Waals surface area contributed by atoms with Crippen molar-refractivity contribution in [3.63, 3.8) is 0 Å². The van der Waals surface area contributed by atoms with Crippen LogP contribution in [0, 0.1) is 6.92 Å². The first-order valence-corrected chi connectivity index (χ1v) is 7.56. The van der Waals surface area contributed by atoms with Gasteiger partial charge in [0, 0.05) is 29.7 Å². The van der Waals surface area contributed by atoms with E-state index in [2.05, 4.69) is 10.2 Å². The largest absolute Gasteiger partial charge is 0.493 e. The molecule has 100 valence electrons. The van der Waals surface area contributed by atoms with E-state index in [0.717, 1.165) is 35.1 Å². The zero-order valence-electron chi connectivity index (χ0n) is 10.5. The van der Waals surface area contributed by atoms with E-state index >= 15 is 0 Å². The van der Waals surface area contributed by atoms with Crippen LogP contribution in [0.25, 0.3) is 0 Å². The number of aromatic nitrogens is 2. The van der Waals surface area contributed by atoms with Gasteiger partial charge in [0.25, 0.3) is 0 Å². The third-order valence-electron chi connectivity index (χ3n) is 2.88. The van der Waals surface area contributed by atoms with E-state index in [4.69, 9.17) is 20.8 Å². The number of nitrogens with zero attached hydrogens (tertiary/aromatic N) is 2. The molecule has 0 saturated heterocycles. The molecule has 1 aliphatic heterocycles. The van der Waals surface area contributed by atoms with Crippen molar-refractivity contribution in [2.45, 2.75) is 24.9 Å². The van der Waals surface area contributed by atoms with Gasteiger partial charge in [-0.15, -0.1) is 22.0 Å². The van der Waals surface area contributed by atoms with Gasteiger partial charge in [0.15, 0.2) is 0 Å². The molecule has 0 aliphatic carbocycles. The van der Waals surface area contributed by atoms with Crippen LogP contribution in [0.1, 0.15) is 22.9 Å². The van der Waals surface area contributed by atoms with Gasteiger partial charge in [0.05, 0.1) is 12.4 Å². The first kappa shape index (κ1) is 12.8.